The Morgan fingerprint density at radius 2 is 1.94 bits per heavy atom. The number of para-hydroxylation sites is 1. The van der Waals surface area contributed by atoms with Gasteiger partial charge in [0.25, 0.3) is 5.91 Å². The number of hydrogen-bond acceptors (Lipinski definition) is 2. The Morgan fingerprint density at radius 3 is 2.76 bits per heavy atom. The largest absolute Gasteiger partial charge is 0.339 e. The number of carbonyl (C=O) groups is 1. The molecule has 1 aliphatic heterocycles. The fourth-order valence-corrected chi connectivity index (χ4v) is 2.31. The van der Waals surface area contributed by atoms with Crippen LogP contribution in [0.1, 0.15) is 23.0 Å². The number of rotatable bonds is 0. The molecule has 0 saturated carbocycles. The van der Waals surface area contributed by atoms with Crippen molar-refractivity contribution in [3.8, 4) is 0 Å². The highest BCUT2D eigenvalue weighted by Gasteiger charge is 2.21. The number of allylic oxidation sites excluding steroid dienone is 1. The van der Waals surface area contributed by atoms with Crippen LogP contribution in [0.25, 0.3) is 17.0 Å². The van der Waals surface area contributed by atoms with E-state index in [9.17, 15) is 4.79 Å². The Labute approximate surface area is 98.9 Å². The van der Waals surface area contributed by atoms with E-state index in [0.29, 0.717) is 5.69 Å². The fraction of sp³-hybridized carbons (Fsp3) is 0.154. The van der Waals surface area contributed by atoms with Gasteiger partial charge in [-0.2, -0.15) is 0 Å². The van der Waals surface area contributed by atoms with Crippen LogP contribution in [-0.4, -0.2) is 10.5 Å². The van der Waals surface area contributed by atoms with Gasteiger partial charge in [0.05, 0.1) is 0 Å². The average molecular weight is 227 g/mol. The Kier molecular flexibility index (Phi) is 1.98. The lowest BCUT2D eigenvalue weighted by Gasteiger charge is -2.06. The van der Waals surface area contributed by atoms with Crippen molar-refractivity contribution in [2.45, 2.75) is 6.92 Å². The van der Waals surface area contributed by atoms with E-state index in [2.05, 4.69) is 10.9 Å². The SMILES string of the molecule is CC1=Cc2c(n(C)c3ccccc23)C(=O)NN1. The molecule has 1 aromatic carbocycles. The molecule has 4 nitrogen and oxygen atoms in total. The maximum atomic E-state index is 12.0. The van der Waals surface area contributed by atoms with Gasteiger partial charge in [0, 0.05) is 29.2 Å². The van der Waals surface area contributed by atoms with E-state index in [0.717, 1.165) is 22.2 Å². The monoisotopic (exact) mass is 227 g/mol. The van der Waals surface area contributed by atoms with Crippen molar-refractivity contribution in [2.75, 3.05) is 0 Å². The lowest BCUT2D eigenvalue weighted by Crippen LogP contribution is -2.35. The number of aryl methyl sites for hydroxylation is 1. The molecule has 2 heterocycles. The minimum atomic E-state index is -0.105. The lowest BCUT2D eigenvalue weighted by molar-refractivity contribution is 0.0932. The second-order valence-corrected chi connectivity index (χ2v) is 4.24. The summed E-state index contributed by atoms with van der Waals surface area (Å²) in [5.41, 5.74) is 9.20. The van der Waals surface area contributed by atoms with E-state index >= 15 is 0 Å². The van der Waals surface area contributed by atoms with Gasteiger partial charge in [0.15, 0.2) is 0 Å². The molecule has 0 unspecified atom stereocenters. The number of amides is 1. The highest BCUT2D eigenvalue weighted by molar-refractivity contribution is 6.06. The van der Waals surface area contributed by atoms with E-state index in [1.165, 1.54) is 0 Å². The smallest absolute Gasteiger partial charge is 0.286 e. The molecule has 2 aromatic rings. The Bertz CT molecular complexity index is 652. The number of benzene rings is 1. The van der Waals surface area contributed by atoms with Crippen molar-refractivity contribution < 1.29 is 4.79 Å². The van der Waals surface area contributed by atoms with Gasteiger partial charge in [-0.3, -0.25) is 10.2 Å². The first-order valence-electron chi connectivity index (χ1n) is 5.50. The Morgan fingerprint density at radius 1 is 1.18 bits per heavy atom. The van der Waals surface area contributed by atoms with E-state index < -0.39 is 0 Å². The highest BCUT2D eigenvalue weighted by atomic mass is 16.2. The molecule has 1 aromatic heterocycles. The maximum Gasteiger partial charge on any atom is 0.286 e. The molecule has 0 saturated heterocycles. The van der Waals surface area contributed by atoms with Crippen LogP contribution in [0.2, 0.25) is 0 Å². The first-order valence-corrected chi connectivity index (χ1v) is 5.50. The summed E-state index contributed by atoms with van der Waals surface area (Å²) >= 11 is 0. The van der Waals surface area contributed by atoms with Gasteiger partial charge < -0.3 is 9.99 Å². The fourth-order valence-electron chi connectivity index (χ4n) is 2.31. The quantitative estimate of drug-likeness (QED) is 0.720. The molecule has 1 amide bonds. The van der Waals surface area contributed by atoms with Crippen LogP contribution in [0, 0.1) is 0 Å². The lowest BCUT2D eigenvalue weighted by atomic mass is 10.1. The minimum absolute atomic E-state index is 0.105. The number of nitrogens with zero attached hydrogens (tertiary/aromatic N) is 1. The zero-order valence-corrected chi connectivity index (χ0v) is 9.74. The van der Waals surface area contributed by atoms with Crippen LogP contribution < -0.4 is 10.9 Å². The number of aromatic nitrogens is 1. The van der Waals surface area contributed by atoms with Crippen LogP contribution >= 0.6 is 0 Å². The molecule has 0 aliphatic carbocycles. The number of hydrogen-bond donors (Lipinski definition) is 2. The first kappa shape index (κ1) is 9.96. The van der Waals surface area contributed by atoms with Gasteiger partial charge >= 0.3 is 0 Å². The minimum Gasteiger partial charge on any atom is -0.339 e. The topological polar surface area (TPSA) is 46.1 Å². The maximum absolute atomic E-state index is 12.0. The summed E-state index contributed by atoms with van der Waals surface area (Å²) in [4.78, 5) is 12.0. The molecular formula is C13H13N3O. The molecule has 0 radical (unpaired) electrons. The van der Waals surface area contributed by atoms with Crippen molar-refractivity contribution in [2.24, 2.45) is 7.05 Å². The molecule has 4 heteroatoms. The number of nitrogens with one attached hydrogen (secondary N) is 2. The van der Waals surface area contributed by atoms with Crippen molar-refractivity contribution in [3.63, 3.8) is 0 Å². The zero-order valence-electron chi connectivity index (χ0n) is 9.74. The van der Waals surface area contributed by atoms with Crippen LogP contribution in [0.5, 0.6) is 0 Å². The van der Waals surface area contributed by atoms with E-state index in [4.69, 9.17) is 0 Å². The van der Waals surface area contributed by atoms with Gasteiger partial charge in [0.2, 0.25) is 0 Å². The number of fused-ring (bicyclic) bond motifs is 3. The predicted molar refractivity (Wildman–Crippen MR) is 67.2 cm³/mol. The molecule has 2 N–H and O–H groups in total. The molecule has 0 spiro atoms. The van der Waals surface area contributed by atoms with E-state index in [-0.39, 0.29) is 5.91 Å². The summed E-state index contributed by atoms with van der Waals surface area (Å²) in [5, 5.41) is 1.10. The third-order valence-corrected chi connectivity index (χ3v) is 3.10. The summed E-state index contributed by atoms with van der Waals surface area (Å²) in [5.74, 6) is -0.105. The van der Waals surface area contributed by atoms with Crippen LogP contribution in [0.15, 0.2) is 30.0 Å². The van der Waals surface area contributed by atoms with Crippen molar-refractivity contribution in [1.82, 2.24) is 15.4 Å². The van der Waals surface area contributed by atoms with Crippen LogP contribution in [0.4, 0.5) is 0 Å². The van der Waals surface area contributed by atoms with Crippen molar-refractivity contribution in [1.29, 1.82) is 0 Å². The van der Waals surface area contributed by atoms with E-state index in [1.54, 1.807) is 0 Å². The van der Waals surface area contributed by atoms with Gasteiger partial charge in [-0.15, -0.1) is 0 Å². The van der Waals surface area contributed by atoms with Crippen molar-refractivity contribution in [3.05, 3.63) is 41.2 Å². The van der Waals surface area contributed by atoms with Crippen LogP contribution in [-0.2, 0) is 7.05 Å². The normalized spacial score (nSPS) is 14.7. The summed E-state index contributed by atoms with van der Waals surface area (Å²) < 4.78 is 1.93. The molecule has 17 heavy (non-hydrogen) atoms. The first-order chi connectivity index (χ1) is 8.18. The molecule has 0 bridgehead atoms. The van der Waals surface area contributed by atoms with Gasteiger partial charge in [-0.1, -0.05) is 18.2 Å². The zero-order chi connectivity index (χ0) is 12.0. The van der Waals surface area contributed by atoms with Gasteiger partial charge in [0.1, 0.15) is 5.69 Å². The van der Waals surface area contributed by atoms with Gasteiger partial charge in [-0.25, -0.2) is 0 Å². The summed E-state index contributed by atoms with van der Waals surface area (Å²) in [6.07, 6.45) is 2.00. The Hall–Kier alpha value is -2.23. The van der Waals surface area contributed by atoms with Crippen LogP contribution in [0.3, 0.4) is 0 Å². The average Bonchev–Trinajstić information content (AvgIpc) is 2.50. The molecule has 3 rings (SSSR count). The summed E-state index contributed by atoms with van der Waals surface area (Å²) in [6.45, 7) is 1.93. The van der Waals surface area contributed by atoms with E-state index in [1.807, 2.05) is 48.9 Å². The molecular weight excluding hydrogens is 214 g/mol. The molecule has 0 fully saturated rings. The Balaban J connectivity index is 2.45. The predicted octanol–water partition coefficient (Wildman–Crippen LogP) is 1.79. The summed E-state index contributed by atoms with van der Waals surface area (Å²) in [7, 11) is 1.91. The molecule has 1 aliphatic rings. The molecule has 0 atom stereocenters. The third kappa shape index (κ3) is 1.34. The standard InChI is InChI=1S/C13H13N3O/c1-8-7-10-9-5-3-4-6-11(9)16(2)12(10)13(17)15-14-8/h3-7,14H,1-2H3,(H,15,17). The van der Waals surface area contributed by atoms with Gasteiger partial charge in [-0.05, 0) is 19.1 Å². The number of carbonyl (C=O) groups excluding carboxylic acids is 1. The third-order valence-electron chi connectivity index (χ3n) is 3.10. The van der Waals surface area contributed by atoms with Crippen molar-refractivity contribution >= 4 is 22.9 Å². The molecule has 86 valence electrons. The second-order valence-electron chi connectivity index (χ2n) is 4.24. The number of hydrazine groups is 1. The second kappa shape index (κ2) is 3.38. The summed E-state index contributed by atoms with van der Waals surface area (Å²) in [6, 6.07) is 8.03. The highest BCUT2D eigenvalue weighted by Crippen LogP contribution is 2.27.